The van der Waals surface area contributed by atoms with Crippen molar-refractivity contribution in [2.24, 2.45) is 5.92 Å². The van der Waals surface area contributed by atoms with Crippen molar-refractivity contribution in [3.8, 4) is 0 Å². The average molecular weight is 413 g/mol. The molecule has 0 aliphatic carbocycles. The predicted octanol–water partition coefficient (Wildman–Crippen LogP) is 5.01. The zero-order valence-corrected chi connectivity index (χ0v) is 18.1. The van der Waals surface area contributed by atoms with Crippen molar-refractivity contribution in [3.63, 3.8) is 0 Å². The maximum atomic E-state index is 12.2. The highest BCUT2D eigenvalue weighted by molar-refractivity contribution is 7.98. The van der Waals surface area contributed by atoms with Crippen molar-refractivity contribution in [1.82, 2.24) is 15.2 Å². The molecule has 0 spiro atoms. The predicted molar refractivity (Wildman–Crippen MR) is 121 cm³/mol. The second-order valence-corrected chi connectivity index (χ2v) is 8.76. The van der Waals surface area contributed by atoms with Crippen LogP contribution in [0.2, 0.25) is 0 Å². The van der Waals surface area contributed by atoms with Crippen LogP contribution < -0.4 is 10.6 Å². The molecule has 1 saturated heterocycles. The van der Waals surface area contributed by atoms with Gasteiger partial charge in [-0.1, -0.05) is 25.1 Å². The molecule has 0 radical (unpaired) electrons. The largest absolute Gasteiger partial charge is 0.338 e. The van der Waals surface area contributed by atoms with Gasteiger partial charge in [0.25, 0.3) is 0 Å². The van der Waals surface area contributed by atoms with Gasteiger partial charge in [0.15, 0.2) is 0 Å². The van der Waals surface area contributed by atoms with Crippen LogP contribution in [-0.2, 0) is 5.75 Å². The molecule has 3 rings (SSSR count). The number of pyridine rings is 1. The number of rotatable bonds is 9. The maximum Gasteiger partial charge on any atom is 0.319 e. The number of unbranched alkanes of at least 4 members (excludes halogenated alkanes) is 1. The molecule has 2 amide bonds. The molecule has 1 aromatic carbocycles. The number of nitrogens with one attached hydrogen (secondary N) is 2. The van der Waals surface area contributed by atoms with Gasteiger partial charge < -0.3 is 15.5 Å². The fourth-order valence-electron chi connectivity index (χ4n) is 3.45. The minimum atomic E-state index is -0.133. The number of aromatic nitrogens is 1. The monoisotopic (exact) mass is 412 g/mol. The van der Waals surface area contributed by atoms with Crippen molar-refractivity contribution in [3.05, 3.63) is 54.2 Å². The summed E-state index contributed by atoms with van der Waals surface area (Å²) in [5, 5.41) is 6.91. The van der Waals surface area contributed by atoms with Crippen LogP contribution in [0.25, 0.3) is 0 Å². The summed E-state index contributed by atoms with van der Waals surface area (Å²) in [5.74, 6) is 1.70. The lowest BCUT2D eigenvalue weighted by molar-refractivity contribution is 0.189. The SMILES string of the molecule is CC1CCN(CCCCNC(=O)Nc2cccc(CSc3ccccn3)c2)CC1. The van der Waals surface area contributed by atoms with Crippen LogP contribution in [-0.4, -0.2) is 42.1 Å². The number of likely N-dealkylation sites (tertiary alicyclic amines) is 1. The van der Waals surface area contributed by atoms with Gasteiger partial charge in [-0.25, -0.2) is 9.78 Å². The quantitative estimate of drug-likeness (QED) is 0.449. The third kappa shape index (κ3) is 8.07. The number of nitrogens with zero attached hydrogens (tertiary/aromatic N) is 2. The Hall–Kier alpha value is -2.05. The lowest BCUT2D eigenvalue weighted by atomic mass is 9.99. The van der Waals surface area contributed by atoms with Gasteiger partial charge in [0, 0.05) is 24.2 Å². The van der Waals surface area contributed by atoms with Gasteiger partial charge in [-0.05, 0) is 81.1 Å². The van der Waals surface area contributed by atoms with Gasteiger partial charge in [0.1, 0.15) is 0 Å². The highest BCUT2D eigenvalue weighted by Crippen LogP contribution is 2.22. The smallest absolute Gasteiger partial charge is 0.319 e. The third-order valence-corrected chi connectivity index (χ3v) is 6.29. The van der Waals surface area contributed by atoms with E-state index in [2.05, 4.69) is 33.5 Å². The van der Waals surface area contributed by atoms with E-state index in [1.54, 1.807) is 18.0 Å². The van der Waals surface area contributed by atoms with E-state index in [0.717, 1.165) is 47.3 Å². The Bertz CT molecular complexity index is 748. The molecule has 29 heavy (non-hydrogen) atoms. The number of thioether (sulfide) groups is 1. The molecule has 1 aromatic heterocycles. The number of benzene rings is 1. The van der Waals surface area contributed by atoms with Crippen LogP contribution in [0, 0.1) is 5.92 Å². The normalized spacial score (nSPS) is 15.2. The number of carbonyl (C=O) groups excluding carboxylic acids is 1. The maximum absolute atomic E-state index is 12.2. The van der Waals surface area contributed by atoms with Crippen LogP contribution in [0.1, 0.15) is 38.2 Å². The average Bonchev–Trinajstić information content (AvgIpc) is 2.74. The van der Waals surface area contributed by atoms with Crippen LogP contribution in [0.5, 0.6) is 0 Å². The Morgan fingerprint density at radius 1 is 1.17 bits per heavy atom. The zero-order valence-electron chi connectivity index (χ0n) is 17.3. The Morgan fingerprint density at radius 3 is 2.83 bits per heavy atom. The molecular weight excluding hydrogens is 380 g/mol. The molecule has 0 bridgehead atoms. The summed E-state index contributed by atoms with van der Waals surface area (Å²) in [6, 6.07) is 13.8. The van der Waals surface area contributed by atoms with E-state index < -0.39 is 0 Å². The summed E-state index contributed by atoms with van der Waals surface area (Å²) in [5.41, 5.74) is 1.98. The standard InChI is InChI=1S/C23H32N4OS/c1-19-10-15-27(16-11-19)14-5-4-13-25-23(28)26-21-8-6-7-20(17-21)18-29-22-9-2-3-12-24-22/h2-3,6-9,12,17,19H,4-5,10-11,13-16,18H2,1H3,(H2,25,26,28). The molecule has 0 unspecified atom stereocenters. The molecule has 1 fully saturated rings. The molecule has 156 valence electrons. The minimum Gasteiger partial charge on any atom is -0.338 e. The first-order valence-corrected chi connectivity index (χ1v) is 11.6. The number of urea groups is 1. The van der Waals surface area contributed by atoms with Gasteiger partial charge in [0.2, 0.25) is 0 Å². The Kier molecular flexibility index (Phi) is 8.83. The van der Waals surface area contributed by atoms with Gasteiger partial charge in [0.05, 0.1) is 5.03 Å². The van der Waals surface area contributed by atoms with E-state index >= 15 is 0 Å². The third-order valence-electron chi connectivity index (χ3n) is 5.27. The van der Waals surface area contributed by atoms with Crippen molar-refractivity contribution < 1.29 is 4.79 Å². The molecule has 0 atom stereocenters. The lowest BCUT2D eigenvalue weighted by Gasteiger charge is -2.30. The van der Waals surface area contributed by atoms with Gasteiger partial charge in [-0.3, -0.25) is 0 Å². The molecule has 6 heteroatoms. The summed E-state index contributed by atoms with van der Waals surface area (Å²) < 4.78 is 0. The van der Waals surface area contributed by atoms with Gasteiger partial charge in [-0.15, -0.1) is 11.8 Å². The Labute approximate surface area is 178 Å². The molecule has 5 nitrogen and oxygen atoms in total. The van der Waals surface area contributed by atoms with Crippen LogP contribution in [0.15, 0.2) is 53.7 Å². The zero-order chi connectivity index (χ0) is 20.3. The van der Waals surface area contributed by atoms with Crippen molar-refractivity contribution in [2.45, 2.75) is 43.4 Å². The summed E-state index contributed by atoms with van der Waals surface area (Å²) >= 11 is 1.69. The number of anilines is 1. The van der Waals surface area contributed by atoms with Crippen molar-refractivity contribution in [2.75, 3.05) is 31.5 Å². The fraction of sp³-hybridized carbons (Fsp3) is 0.478. The van der Waals surface area contributed by atoms with E-state index in [4.69, 9.17) is 0 Å². The summed E-state index contributed by atoms with van der Waals surface area (Å²) in [7, 11) is 0. The van der Waals surface area contributed by atoms with E-state index in [-0.39, 0.29) is 6.03 Å². The molecule has 2 N–H and O–H groups in total. The molecule has 2 heterocycles. The first-order chi connectivity index (χ1) is 14.2. The number of hydrogen-bond acceptors (Lipinski definition) is 4. The number of piperidine rings is 1. The van der Waals surface area contributed by atoms with E-state index in [1.807, 2.05) is 36.4 Å². The summed E-state index contributed by atoms with van der Waals surface area (Å²) in [6.45, 7) is 6.65. The summed E-state index contributed by atoms with van der Waals surface area (Å²) in [6.07, 6.45) is 6.59. The van der Waals surface area contributed by atoms with Crippen molar-refractivity contribution in [1.29, 1.82) is 0 Å². The first-order valence-electron chi connectivity index (χ1n) is 10.6. The van der Waals surface area contributed by atoms with Crippen LogP contribution in [0.3, 0.4) is 0 Å². The first kappa shape index (κ1) is 21.7. The van der Waals surface area contributed by atoms with E-state index in [0.29, 0.717) is 6.54 Å². The summed E-state index contributed by atoms with van der Waals surface area (Å²) in [4.78, 5) is 19.0. The van der Waals surface area contributed by atoms with Gasteiger partial charge in [-0.2, -0.15) is 0 Å². The highest BCUT2D eigenvalue weighted by atomic mass is 32.2. The Morgan fingerprint density at radius 2 is 2.03 bits per heavy atom. The molecule has 1 aliphatic rings. The van der Waals surface area contributed by atoms with Crippen molar-refractivity contribution >= 4 is 23.5 Å². The highest BCUT2D eigenvalue weighted by Gasteiger charge is 2.14. The molecule has 2 aromatic rings. The van der Waals surface area contributed by atoms with Crippen LogP contribution >= 0.6 is 11.8 Å². The second kappa shape index (κ2) is 11.8. The number of carbonyl (C=O) groups is 1. The van der Waals surface area contributed by atoms with E-state index in [9.17, 15) is 4.79 Å². The molecular formula is C23H32N4OS. The number of amides is 2. The minimum absolute atomic E-state index is 0.133. The number of hydrogen-bond donors (Lipinski definition) is 2. The molecule has 1 aliphatic heterocycles. The second-order valence-electron chi connectivity index (χ2n) is 7.77. The molecule has 0 saturated carbocycles. The fourth-order valence-corrected chi connectivity index (χ4v) is 4.26. The Balaban J connectivity index is 1.31. The van der Waals surface area contributed by atoms with Crippen LogP contribution in [0.4, 0.5) is 10.5 Å². The van der Waals surface area contributed by atoms with E-state index in [1.165, 1.54) is 25.9 Å². The lowest BCUT2D eigenvalue weighted by Crippen LogP contribution is -2.34. The van der Waals surface area contributed by atoms with Gasteiger partial charge >= 0.3 is 6.03 Å². The topological polar surface area (TPSA) is 57.3 Å².